The van der Waals surface area contributed by atoms with Crippen LogP contribution in [-0.4, -0.2) is 15.7 Å². The van der Waals surface area contributed by atoms with Crippen LogP contribution in [0.5, 0.6) is 0 Å². The summed E-state index contributed by atoms with van der Waals surface area (Å²) in [4.78, 5) is 10.7. The molecule has 1 atom stereocenters. The molecule has 0 spiro atoms. The highest BCUT2D eigenvalue weighted by molar-refractivity contribution is 5.73. The number of fused-ring (bicyclic) bond motifs is 1. The van der Waals surface area contributed by atoms with E-state index in [2.05, 4.69) is 5.10 Å². The van der Waals surface area contributed by atoms with Gasteiger partial charge in [0.05, 0.1) is 6.20 Å². The molecular formula is C10H16N4O. The third-order valence-corrected chi connectivity index (χ3v) is 2.88. The van der Waals surface area contributed by atoms with E-state index in [9.17, 15) is 4.79 Å². The molecule has 1 aliphatic carbocycles. The molecule has 82 valence electrons. The summed E-state index contributed by atoms with van der Waals surface area (Å²) in [5.74, 6) is -0.292. The summed E-state index contributed by atoms with van der Waals surface area (Å²) in [6.07, 6.45) is 5.27. The summed E-state index contributed by atoms with van der Waals surface area (Å²) in [5.41, 5.74) is 13.4. The van der Waals surface area contributed by atoms with E-state index in [0.717, 1.165) is 24.8 Å². The van der Waals surface area contributed by atoms with Crippen LogP contribution >= 0.6 is 0 Å². The smallest absolute Gasteiger partial charge is 0.219 e. The quantitative estimate of drug-likeness (QED) is 0.738. The fourth-order valence-electron chi connectivity index (χ4n) is 2.06. The summed E-state index contributed by atoms with van der Waals surface area (Å²) < 4.78 is 1.86. The van der Waals surface area contributed by atoms with Crippen molar-refractivity contribution in [1.29, 1.82) is 0 Å². The highest BCUT2D eigenvalue weighted by Gasteiger charge is 2.21. The molecular weight excluding hydrogens is 192 g/mol. The molecule has 0 fully saturated rings. The molecule has 1 aliphatic rings. The average Bonchev–Trinajstić information content (AvgIpc) is 2.59. The van der Waals surface area contributed by atoms with Gasteiger partial charge in [-0.05, 0) is 19.3 Å². The van der Waals surface area contributed by atoms with Crippen molar-refractivity contribution >= 4 is 5.91 Å². The molecule has 15 heavy (non-hydrogen) atoms. The van der Waals surface area contributed by atoms with E-state index < -0.39 is 0 Å². The first-order valence-electron chi connectivity index (χ1n) is 5.27. The second kappa shape index (κ2) is 4.02. The van der Waals surface area contributed by atoms with Crippen molar-refractivity contribution in [2.75, 3.05) is 0 Å². The van der Waals surface area contributed by atoms with E-state index >= 15 is 0 Å². The Morgan fingerprint density at radius 2 is 2.47 bits per heavy atom. The highest BCUT2D eigenvalue weighted by atomic mass is 16.1. The number of nitrogens with zero attached hydrogens (tertiary/aromatic N) is 2. The zero-order valence-electron chi connectivity index (χ0n) is 8.65. The predicted octanol–water partition coefficient (Wildman–Crippen LogP) is 0.0946. The number of aromatic nitrogens is 2. The number of nitrogens with two attached hydrogens (primary N) is 2. The van der Waals surface area contributed by atoms with Gasteiger partial charge in [0, 0.05) is 30.3 Å². The Morgan fingerprint density at radius 1 is 1.67 bits per heavy atom. The fraction of sp³-hybridized carbons (Fsp3) is 0.600. The number of primary amides is 1. The molecule has 5 heteroatoms. The SMILES string of the molecule is NC(=O)CCn1ncc2c1CCCC2N. The molecule has 2 rings (SSSR count). The van der Waals surface area contributed by atoms with Crippen LogP contribution in [-0.2, 0) is 17.8 Å². The molecule has 1 aromatic heterocycles. The van der Waals surface area contributed by atoms with E-state index in [4.69, 9.17) is 11.5 Å². The minimum absolute atomic E-state index is 0.107. The number of hydrogen-bond donors (Lipinski definition) is 2. The molecule has 1 amide bonds. The molecule has 0 radical (unpaired) electrons. The van der Waals surface area contributed by atoms with Crippen molar-refractivity contribution in [3.05, 3.63) is 17.5 Å². The van der Waals surface area contributed by atoms with Gasteiger partial charge in [-0.3, -0.25) is 9.48 Å². The second-order valence-corrected chi connectivity index (χ2v) is 3.98. The van der Waals surface area contributed by atoms with Crippen LogP contribution in [0.4, 0.5) is 0 Å². The van der Waals surface area contributed by atoms with Crippen LogP contribution < -0.4 is 11.5 Å². The Morgan fingerprint density at radius 3 is 3.20 bits per heavy atom. The lowest BCUT2D eigenvalue weighted by Gasteiger charge is -2.19. The maximum absolute atomic E-state index is 10.7. The summed E-state index contributed by atoms with van der Waals surface area (Å²) in [6, 6.07) is 0.107. The second-order valence-electron chi connectivity index (χ2n) is 3.98. The number of rotatable bonds is 3. The normalized spacial score (nSPS) is 19.9. The minimum atomic E-state index is -0.292. The third kappa shape index (κ3) is 2.02. The lowest BCUT2D eigenvalue weighted by molar-refractivity contribution is -0.118. The topological polar surface area (TPSA) is 86.9 Å². The zero-order chi connectivity index (χ0) is 10.8. The van der Waals surface area contributed by atoms with Gasteiger partial charge in [0.1, 0.15) is 0 Å². The Bertz CT molecular complexity index is 371. The van der Waals surface area contributed by atoms with Gasteiger partial charge in [-0.2, -0.15) is 5.10 Å². The van der Waals surface area contributed by atoms with Crippen LogP contribution in [0.2, 0.25) is 0 Å². The van der Waals surface area contributed by atoms with Gasteiger partial charge >= 0.3 is 0 Å². The van der Waals surface area contributed by atoms with E-state index in [-0.39, 0.29) is 11.9 Å². The summed E-state index contributed by atoms with van der Waals surface area (Å²) in [5, 5.41) is 4.25. The van der Waals surface area contributed by atoms with Gasteiger partial charge in [0.15, 0.2) is 0 Å². The van der Waals surface area contributed by atoms with Gasteiger partial charge in [-0.25, -0.2) is 0 Å². The van der Waals surface area contributed by atoms with E-state index in [1.54, 1.807) is 0 Å². The third-order valence-electron chi connectivity index (χ3n) is 2.88. The maximum atomic E-state index is 10.7. The van der Waals surface area contributed by atoms with Crippen molar-refractivity contribution in [3.63, 3.8) is 0 Å². The molecule has 1 heterocycles. The largest absolute Gasteiger partial charge is 0.370 e. The number of aryl methyl sites for hydroxylation is 1. The summed E-state index contributed by atoms with van der Waals surface area (Å²) in [6.45, 7) is 0.567. The van der Waals surface area contributed by atoms with E-state index in [1.807, 2.05) is 10.9 Å². The van der Waals surface area contributed by atoms with Gasteiger partial charge in [-0.15, -0.1) is 0 Å². The molecule has 0 bridgehead atoms. The van der Waals surface area contributed by atoms with Crippen molar-refractivity contribution < 1.29 is 4.79 Å². The van der Waals surface area contributed by atoms with Crippen LogP contribution in [0.15, 0.2) is 6.20 Å². The monoisotopic (exact) mass is 208 g/mol. The van der Waals surface area contributed by atoms with Crippen molar-refractivity contribution in [2.45, 2.75) is 38.3 Å². The molecule has 0 saturated carbocycles. The van der Waals surface area contributed by atoms with Gasteiger partial charge in [-0.1, -0.05) is 0 Å². The molecule has 4 N–H and O–H groups in total. The van der Waals surface area contributed by atoms with Gasteiger partial charge in [0.2, 0.25) is 5.91 Å². The molecule has 0 aliphatic heterocycles. The van der Waals surface area contributed by atoms with Crippen molar-refractivity contribution in [3.8, 4) is 0 Å². The first-order chi connectivity index (χ1) is 7.18. The number of carbonyl (C=O) groups is 1. The lowest BCUT2D eigenvalue weighted by atomic mass is 9.94. The fourth-order valence-corrected chi connectivity index (χ4v) is 2.06. The van der Waals surface area contributed by atoms with Crippen molar-refractivity contribution in [1.82, 2.24) is 9.78 Å². The molecule has 5 nitrogen and oxygen atoms in total. The maximum Gasteiger partial charge on any atom is 0.219 e. The first kappa shape index (κ1) is 10.2. The summed E-state index contributed by atoms with van der Waals surface area (Å²) >= 11 is 0. The van der Waals surface area contributed by atoms with Crippen LogP contribution in [0.3, 0.4) is 0 Å². The van der Waals surface area contributed by atoms with Crippen molar-refractivity contribution in [2.24, 2.45) is 11.5 Å². The summed E-state index contributed by atoms with van der Waals surface area (Å²) in [7, 11) is 0. The Kier molecular flexibility index (Phi) is 2.73. The van der Waals surface area contributed by atoms with E-state index in [1.165, 1.54) is 5.69 Å². The molecule has 1 unspecified atom stereocenters. The number of amides is 1. The van der Waals surface area contributed by atoms with E-state index in [0.29, 0.717) is 13.0 Å². The van der Waals surface area contributed by atoms with Gasteiger partial charge < -0.3 is 11.5 Å². The lowest BCUT2D eigenvalue weighted by Crippen LogP contribution is -2.20. The van der Waals surface area contributed by atoms with Gasteiger partial charge in [0.25, 0.3) is 0 Å². The van der Waals surface area contributed by atoms with Crippen LogP contribution in [0.1, 0.15) is 36.6 Å². The minimum Gasteiger partial charge on any atom is -0.370 e. The molecule has 1 aromatic rings. The molecule has 0 saturated heterocycles. The Hall–Kier alpha value is -1.36. The van der Waals surface area contributed by atoms with Crippen LogP contribution in [0, 0.1) is 0 Å². The first-order valence-corrected chi connectivity index (χ1v) is 5.27. The highest BCUT2D eigenvalue weighted by Crippen LogP contribution is 2.27. The molecule has 0 aromatic carbocycles. The number of hydrogen-bond acceptors (Lipinski definition) is 3. The zero-order valence-corrected chi connectivity index (χ0v) is 8.65. The standard InChI is InChI=1S/C10H16N4O/c11-8-2-1-3-9-7(8)6-13-14(9)5-4-10(12)15/h6,8H,1-5,11H2,(H2,12,15). The Balaban J connectivity index is 2.16. The van der Waals surface area contributed by atoms with Crippen LogP contribution in [0.25, 0.3) is 0 Å². The Labute approximate surface area is 88.4 Å². The number of carbonyl (C=O) groups excluding carboxylic acids is 1. The predicted molar refractivity (Wildman–Crippen MR) is 55.9 cm³/mol. The average molecular weight is 208 g/mol.